The first kappa shape index (κ1) is 24.0. The summed E-state index contributed by atoms with van der Waals surface area (Å²) in [6.07, 6.45) is 3.96. The smallest absolute Gasteiger partial charge is 0.207 e. The summed E-state index contributed by atoms with van der Waals surface area (Å²) in [6.45, 7) is 5.62. The molecular formula is C29H34FN3O. The summed E-state index contributed by atoms with van der Waals surface area (Å²) in [6, 6.07) is 27.9. The van der Waals surface area contributed by atoms with Gasteiger partial charge in [-0.3, -0.25) is 9.69 Å². The van der Waals surface area contributed by atoms with Gasteiger partial charge in [0.1, 0.15) is 5.82 Å². The molecule has 1 aliphatic rings. The van der Waals surface area contributed by atoms with E-state index >= 15 is 0 Å². The lowest BCUT2D eigenvalue weighted by Gasteiger charge is -2.37. The molecule has 1 fully saturated rings. The lowest BCUT2D eigenvalue weighted by molar-refractivity contribution is -0.109. The van der Waals surface area contributed by atoms with Crippen molar-refractivity contribution in [2.75, 3.05) is 44.2 Å². The molecule has 178 valence electrons. The molecular weight excluding hydrogens is 425 g/mol. The van der Waals surface area contributed by atoms with E-state index < -0.39 is 0 Å². The highest BCUT2D eigenvalue weighted by Crippen LogP contribution is 2.37. The van der Waals surface area contributed by atoms with Crippen molar-refractivity contribution in [2.24, 2.45) is 0 Å². The molecule has 1 aliphatic heterocycles. The second kappa shape index (κ2) is 11.8. The number of benzene rings is 3. The number of hydrogen-bond acceptors (Lipinski definition) is 3. The minimum absolute atomic E-state index is 0.187. The van der Waals surface area contributed by atoms with Crippen LogP contribution < -0.4 is 10.2 Å². The Labute approximate surface area is 202 Å². The summed E-state index contributed by atoms with van der Waals surface area (Å²) < 4.78 is 13.2. The zero-order valence-electron chi connectivity index (χ0n) is 19.7. The summed E-state index contributed by atoms with van der Waals surface area (Å²) in [7, 11) is 0. The first-order chi connectivity index (χ1) is 16.7. The van der Waals surface area contributed by atoms with Crippen LogP contribution in [0.4, 0.5) is 10.1 Å². The molecule has 1 N–H and O–H groups in total. The van der Waals surface area contributed by atoms with Crippen LogP contribution in [0.3, 0.4) is 0 Å². The van der Waals surface area contributed by atoms with E-state index in [2.05, 4.69) is 63.6 Å². The van der Waals surface area contributed by atoms with Crippen LogP contribution >= 0.6 is 0 Å². The standard InChI is InChI=1S/C29H34FN3O/c30-27-13-15-28(16-14-27)33-21-19-32(20-22-33)18-8-7-17-29(23-31-24-34,25-9-3-1-4-10-25)26-11-5-2-6-12-26/h1-6,9-16,24H,7-8,17-23H2,(H,31,34). The number of hydrogen-bond donors (Lipinski definition) is 1. The van der Waals surface area contributed by atoms with Crippen LogP contribution in [-0.2, 0) is 10.2 Å². The predicted octanol–water partition coefficient (Wildman–Crippen LogP) is 4.85. The van der Waals surface area contributed by atoms with Gasteiger partial charge in [0.05, 0.1) is 0 Å². The fourth-order valence-electron chi connectivity index (χ4n) is 5.12. The summed E-state index contributed by atoms with van der Waals surface area (Å²) in [5.41, 5.74) is 3.33. The number of anilines is 1. The Bertz CT molecular complexity index is 963. The topological polar surface area (TPSA) is 35.6 Å². The summed E-state index contributed by atoms with van der Waals surface area (Å²) >= 11 is 0. The molecule has 0 saturated carbocycles. The van der Waals surface area contributed by atoms with Crippen LogP contribution in [-0.4, -0.2) is 50.6 Å². The van der Waals surface area contributed by atoms with E-state index in [1.807, 2.05) is 24.3 Å². The average molecular weight is 460 g/mol. The number of piperazine rings is 1. The normalized spacial score (nSPS) is 14.7. The van der Waals surface area contributed by atoms with Gasteiger partial charge >= 0.3 is 0 Å². The van der Waals surface area contributed by atoms with Gasteiger partial charge in [0.2, 0.25) is 6.41 Å². The third-order valence-corrected chi connectivity index (χ3v) is 7.03. The predicted molar refractivity (Wildman–Crippen MR) is 137 cm³/mol. The van der Waals surface area contributed by atoms with Crippen LogP contribution in [0.2, 0.25) is 0 Å². The van der Waals surface area contributed by atoms with E-state index in [1.165, 1.54) is 23.3 Å². The van der Waals surface area contributed by atoms with Crippen molar-refractivity contribution in [3.63, 3.8) is 0 Å². The number of amides is 1. The Morgan fingerprint density at radius 1 is 0.794 bits per heavy atom. The van der Waals surface area contributed by atoms with E-state index in [4.69, 9.17) is 0 Å². The average Bonchev–Trinajstić information content (AvgIpc) is 2.90. The minimum atomic E-state index is -0.245. The van der Waals surface area contributed by atoms with Gasteiger partial charge in [-0.05, 0) is 54.8 Å². The third-order valence-electron chi connectivity index (χ3n) is 7.03. The van der Waals surface area contributed by atoms with Gasteiger partial charge in [-0.1, -0.05) is 67.1 Å². The monoisotopic (exact) mass is 459 g/mol. The molecule has 34 heavy (non-hydrogen) atoms. The molecule has 0 spiro atoms. The lowest BCUT2D eigenvalue weighted by atomic mass is 9.71. The largest absolute Gasteiger partial charge is 0.369 e. The molecule has 3 aromatic carbocycles. The fourth-order valence-corrected chi connectivity index (χ4v) is 5.12. The first-order valence-electron chi connectivity index (χ1n) is 12.2. The van der Waals surface area contributed by atoms with Crippen molar-refractivity contribution in [1.29, 1.82) is 0 Å². The Kier molecular flexibility index (Phi) is 8.31. The van der Waals surface area contributed by atoms with Crippen LogP contribution in [0.1, 0.15) is 30.4 Å². The molecule has 3 aromatic rings. The van der Waals surface area contributed by atoms with Gasteiger partial charge in [0.25, 0.3) is 0 Å². The fraction of sp³-hybridized carbons (Fsp3) is 0.345. The molecule has 1 amide bonds. The van der Waals surface area contributed by atoms with E-state index in [1.54, 1.807) is 0 Å². The highest BCUT2D eigenvalue weighted by atomic mass is 19.1. The van der Waals surface area contributed by atoms with Crippen molar-refractivity contribution < 1.29 is 9.18 Å². The highest BCUT2D eigenvalue weighted by molar-refractivity contribution is 5.49. The molecule has 4 rings (SSSR count). The number of halogens is 1. The van der Waals surface area contributed by atoms with Gasteiger partial charge in [-0.25, -0.2) is 4.39 Å². The van der Waals surface area contributed by atoms with Gasteiger partial charge in [0, 0.05) is 43.8 Å². The van der Waals surface area contributed by atoms with Gasteiger partial charge in [-0.2, -0.15) is 0 Å². The minimum Gasteiger partial charge on any atom is -0.369 e. The number of nitrogens with one attached hydrogen (secondary N) is 1. The molecule has 0 aliphatic carbocycles. The van der Waals surface area contributed by atoms with Gasteiger partial charge in [-0.15, -0.1) is 0 Å². The second-order valence-corrected chi connectivity index (χ2v) is 9.08. The highest BCUT2D eigenvalue weighted by Gasteiger charge is 2.33. The lowest BCUT2D eigenvalue weighted by Crippen LogP contribution is -2.46. The second-order valence-electron chi connectivity index (χ2n) is 9.08. The molecule has 1 saturated heterocycles. The molecule has 0 aromatic heterocycles. The SMILES string of the molecule is O=CNCC(CCCCN1CCN(c2ccc(F)cc2)CC1)(c1ccccc1)c1ccccc1. The number of carbonyl (C=O) groups excluding carboxylic acids is 1. The van der Waals surface area contributed by atoms with Crippen LogP contribution in [0, 0.1) is 5.82 Å². The molecule has 0 atom stereocenters. The number of carbonyl (C=O) groups is 1. The van der Waals surface area contributed by atoms with Gasteiger partial charge < -0.3 is 10.2 Å². The maximum Gasteiger partial charge on any atom is 0.207 e. The van der Waals surface area contributed by atoms with Crippen LogP contribution in [0.5, 0.6) is 0 Å². The molecule has 4 nitrogen and oxygen atoms in total. The Morgan fingerprint density at radius 2 is 1.38 bits per heavy atom. The summed E-state index contributed by atoms with van der Waals surface area (Å²) in [5, 5.41) is 2.98. The Hall–Kier alpha value is -3.18. The van der Waals surface area contributed by atoms with E-state index in [0.717, 1.165) is 64.1 Å². The maximum absolute atomic E-state index is 13.2. The van der Waals surface area contributed by atoms with E-state index in [9.17, 15) is 9.18 Å². The van der Waals surface area contributed by atoms with Crippen molar-refractivity contribution in [3.8, 4) is 0 Å². The van der Waals surface area contributed by atoms with Crippen molar-refractivity contribution in [3.05, 3.63) is 102 Å². The Morgan fingerprint density at radius 3 is 1.94 bits per heavy atom. The number of rotatable bonds is 11. The maximum atomic E-state index is 13.2. The Balaban J connectivity index is 1.36. The zero-order valence-corrected chi connectivity index (χ0v) is 19.7. The zero-order chi connectivity index (χ0) is 23.6. The molecule has 0 radical (unpaired) electrons. The number of nitrogens with zero attached hydrogens (tertiary/aromatic N) is 2. The summed E-state index contributed by atoms with van der Waals surface area (Å²) in [4.78, 5) is 16.1. The van der Waals surface area contributed by atoms with Crippen LogP contribution in [0.25, 0.3) is 0 Å². The molecule has 1 heterocycles. The first-order valence-corrected chi connectivity index (χ1v) is 12.2. The van der Waals surface area contributed by atoms with Crippen molar-refractivity contribution >= 4 is 12.1 Å². The van der Waals surface area contributed by atoms with Crippen LogP contribution in [0.15, 0.2) is 84.9 Å². The number of unbranched alkanes of at least 4 members (excludes halogenated alkanes) is 1. The van der Waals surface area contributed by atoms with Crippen molar-refractivity contribution in [1.82, 2.24) is 10.2 Å². The van der Waals surface area contributed by atoms with Crippen molar-refractivity contribution in [2.45, 2.75) is 24.7 Å². The molecule has 0 unspecified atom stereocenters. The van der Waals surface area contributed by atoms with Gasteiger partial charge in [0.15, 0.2) is 0 Å². The third kappa shape index (κ3) is 5.84. The molecule has 0 bridgehead atoms. The molecule has 5 heteroatoms. The van der Waals surface area contributed by atoms with E-state index in [-0.39, 0.29) is 11.2 Å². The quantitative estimate of drug-likeness (QED) is 0.329. The summed E-state index contributed by atoms with van der Waals surface area (Å²) in [5.74, 6) is -0.187. The van der Waals surface area contributed by atoms with E-state index in [0.29, 0.717) is 6.54 Å².